The summed E-state index contributed by atoms with van der Waals surface area (Å²) in [5.74, 6) is -0.853. The number of rotatable bonds is 2. The molecule has 1 saturated carbocycles. The summed E-state index contributed by atoms with van der Waals surface area (Å²) in [6.45, 7) is 1.86. The molecule has 4 heteroatoms. The van der Waals surface area contributed by atoms with Crippen molar-refractivity contribution in [1.29, 1.82) is 0 Å². The highest BCUT2D eigenvalue weighted by Crippen LogP contribution is 2.43. The monoisotopic (exact) mass is 285 g/mol. The molecule has 1 N–H and O–H groups in total. The van der Waals surface area contributed by atoms with E-state index in [1.807, 2.05) is 25.1 Å². The molecule has 1 heterocycles. The molecule has 0 radical (unpaired) electrons. The van der Waals surface area contributed by atoms with Gasteiger partial charge in [-0.3, -0.25) is 4.79 Å². The van der Waals surface area contributed by atoms with Crippen LogP contribution in [0.3, 0.4) is 0 Å². The van der Waals surface area contributed by atoms with Gasteiger partial charge in [0.05, 0.1) is 0 Å². The number of hydrogen-bond acceptors (Lipinski definition) is 3. The fourth-order valence-corrected chi connectivity index (χ4v) is 3.26. The molecule has 0 atom stereocenters. The summed E-state index contributed by atoms with van der Waals surface area (Å²) in [4.78, 5) is 24.5. The molecule has 1 aliphatic heterocycles. The second kappa shape index (κ2) is 5.35. The van der Waals surface area contributed by atoms with Gasteiger partial charge in [-0.25, -0.2) is 4.79 Å². The van der Waals surface area contributed by atoms with Crippen LogP contribution in [-0.2, 0) is 14.3 Å². The third kappa shape index (κ3) is 2.46. The molecular formula is C17H19NO3. The highest BCUT2D eigenvalue weighted by molar-refractivity contribution is 6.23. The Hall–Kier alpha value is -2.10. The lowest BCUT2D eigenvalue weighted by Crippen LogP contribution is -2.33. The summed E-state index contributed by atoms with van der Waals surface area (Å²) in [5.41, 5.74) is 1.13. The zero-order valence-corrected chi connectivity index (χ0v) is 12.1. The van der Waals surface area contributed by atoms with E-state index in [1.165, 1.54) is 0 Å². The molecular weight excluding hydrogens is 266 g/mol. The van der Waals surface area contributed by atoms with Crippen LogP contribution in [0, 0.1) is 0 Å². The molecule has 3 rings (SSSR count). The van der Waals surface area contributed by atoms with Crippen LogP contribution in [0.15, 0.2) is 41.5 Å². The largest absolute Gasteiger partial charge is 0.451 e. The summed E-state index contributed by atoms with van der Waals surface area (Å²) in [5, 5.41) is 2.77. The van der Waals surface area contributed by atoms with Crippen molar-refractivity contribution in [2.75, 3.05) is 5.32 Å². The van der Waals surface area contributed by atoms with Crippen LogP contribution in [0.25, 0.3) is 0 Å². The Labute approximate surface area is 124 Å². The Kier molecular flexibility index (Phi) is 3.53. The van der Waals surface area contributed by atoms with E-state index in [-0.39, 0.29) is 11.5 Å². The predicted molar refractivity (Wildman–Crippen MR) is 79.7 cm³/mol. The predicted octanol–water partition coefficient (Wildman–Crippen LogP) is 3.20. The van der Waals surface area contributed by atoms with Gasteiger partial charge in [-0.2, -0.15) is 0 Å². The molecule has 4 nitrogen and oxygen atoms in total. The van der Waals surface area contributed by atoms with Crippen LogP contribution in [0.1, 0.15) is 39.0 Å². The van der Waals surface area contributed by atoms with E-state index in [2.05, 4.69) is 5.32 Å². The molecule has 1 aromatic rings. The van der Waals surface area contributed by atoms with Crippen LogP contribution in [-0.4, -0.2) is 17.5 Å². The normalized spacial score (nSPS) is 20.5. The number of hydrogen-bond donors (Lipinski definition) is 1. The lowest BCUT2D eigenvalue weighted by Gasteiger charge is -2.33. The summed E-state index contributed by atoms with van der Waals surface area (Å²) >= 11 is 0. The minimum atomic E-state index is -0.529. The fraction of sp³-hybridized carbons (Fsp3) is 0.412. The second-order valence-corrected chi connectivity index (χ2v) is 5.76. The third-order valence-electron chi connectivity index (χ3n) is 4.47. The van der Waals surface area contributed by atoms with Crippen molar-refractivity contribution in [3.05, 3.63) is 41.5 Å². The number of carbonyl (C=O) groups is 2. The van der Waals surface area contributed by atoms with Crippen molar-refractivity contribution in [3.63, 3.8) is 0 Å². The molecule has 1 amide bonds. The zero-order chi connectivity index (χ0) is 14.9. The number of ether oxygens (including phenoxy) is 1. The first kappa shape index (κ1) is 13.9. The van der Waals surface area contributed by atoms with Gasteiger partial charge in [-0.15, -0.1) is 0 Å². The van der Waals surface area contributed by atoms with E-state index >= 15 is 0 Å². The quantitative estimate of drug-likeness (QED) is 0.670. The topological polar surface area (TPSA) is 55.4 Å². The lowest BCUT2D eigenvalue weighted by atomic mass is 9.79. The number of nitrogens with one attached hydrogen (secondary N) is 1. The Bertz CT molecular complexity index is 598. The number of amides is 1. The van der Waals surface area contributed by atoms with Gasteiger partial charge in [0.25, 0.3) is 5.91 Å². The van der Waals surface area contributed by atoms with Crippen molar-refractivity contribution in [3.8, 4) is 0 Å². The number of anilines is 1. The summed E-state index contributed by atoms with van der Waals surface area (Å²) in [7, 11) is 0. The van der Waals surface area contributed by atoms with Crippen LogP contribution >= 0.6 is 0 Å². The molecule has 110 valence electrons. The minimum absolute atomic E-state index is 0.181. The summed E-state index contributed by atoms with van der Waals surface area (Å²) in [6.07, 6.45) is 4.90. The van der Waals surface area contributed by atoms with Crippen LogP contribution in [0.4, 0.5) is 5.69 Å². The van der Waals surface area contributed by atoms with Gasteiger partial charge in [-0.1, -0.05) is 24.6 Å². The second-order valence-electron chi connectivity index (χ2n) is 5.76. The Morgan fingerprint density at radius 3 is 2.48 bits per heavy atom. The first-order chi connectivity index (χ1) is 10.1. The van der Waals surface area contributed by atoms with E-state index in [9.17, 15) is 9.59 Å². The summed E-state index contributed by atoms with van der Waals surface area (Å²) in [6, 6.07) is 9.15. The molecule has 0 unspecified atom stereocenters. The minimum Gasteiger partial charge on any atom is -0.451 e. The maximum atomic E-state index is 12.4. The van der Waals surface area contributed by atoms with Crippen molar-refractivity contribution >= 4 is 17.6 Å². The molecule has 1 aliphatic carbocycles. The van der Waals surface area contributed by atoms with E-state index in [0.717, 1.165) is 37.7 Å². The van der Waals surface area contributed by atoms with Gasteiger partial charge in [0.1, 0.15) is 11.2 Å². The SMILES string of the molecule is CC1=C(C(=O)Nc2ccccc2)C(=O)OC12CCCCC2. The highest BCUT2D eigenvalue weighted by atomic mass is 16.6. The van der Waals surface area contributed by atoms with E-state index in [1.54, 1.807) is 12.1 Å². The standard InChI is InChI=1S/C17H19NO3/c1-12-14(15(19)18-13-8-4-2-5-9-13)16(20)21-17(12)10-6-3-7-11-17/h2,4-5,8-9H,3,6-7,10-11H2,1H3,(H,18,19). The van der Waals surface area contributed by atoms with Gasteiger partial charge in [-0.05, 0) is 50.3 Å². The average molecular weight is 285 g/mol. The summed E-state index contributed by atoms with van der Waals surface area (Å²) < 4.78 is 5.60. The van der Waals surface area contributed by atoms with Crippen molar-refractivity contribution in [2.24, 2.45) is 0 Å². The lowest BCUT2D eigenvalue weighted by molar-refractivity contribution is -0.149. The van der Waals surface area contributed by atoms with Crippen LogP contribution in [0.2, 0.25) is 0 Å². The zero-order valence-electron chi connectivity index (χ0n) is 12.1. The van der Waals surface area contributed by atoms with Gasteiger partial charge in [0.15, 0.2) is 0 Å². The molecule has 0 bridgehead atoms. The van der Waals surface area contributed by atoms with Gasteiger partial charge in [0, 0.05) is 5.69 Å². The molecule has 1 fully saturated rings. The highest BCUT2D eigenvalue weighted by Gasteiger charge is 2.47. The number of esters is 1. The molecule has 0 saturated heterocycles. The fourth-order valence-electron chi connectivity index (χ4n) is 3.26. The third-order valence-corrected chi connectivity index (χ3v) is 4.47. The van der Waals surface area contributed by atoms with Crippen molar-refractivity contribution in [2.45, 2.75) is 44.6 Å². The van der Waals surface area contributed by atoms with E-state index < -0.39 is 11.6 Å². The Morgan fingerprint density at radius 2 is 1.81 bits per heavy atom. The Balaban J connectivity index is 1.86. The molecule has 1 aromatic carbocycles. The molecule has 2 aliphatic rings. The van der Waals surface area contributed by atoms with E-state index in [4.69, 9.17) is 4.74 Å². The molecule has 21 heavy (non-hydrogen) atoms. The van der Waals surface area contributed by atoms with Gasteiger partial charge >= 0.3 is 5.97 Å². The van der Waals surface area contributed by atoms with Gasteiger partial charge in [0.2, 0.25) is 0 Å². The smallest absolute Gasteiger partial charge is 0.344 e. The molecule has 0 aromatic heterocycles. The average Bonchev–Trinajstić information content (AvgIpc) is 2.71. The van der Waals surface area contributed by atoms with E-state index in [0.29, 0.717) is 5.69 Å². The van der Waals surface area contributed by atoms with Crippen molar-refractivity contribution in [1.82, 2.24) is 0 Å². The maximum absolute atomic E-state index is 12.4. The number of benzene rings is 1. The maximum Gasteiger partial charge on any atom is 0.344 e. The first-order valence-electron chi connectivity index (χ1n) is 7.43. The molecule has 1 spiro atoms. The van der Waals surface area contributed by atoms with Gasteiger partial charge < -0.3 is 10.1 Å². The number of para-hydroxylation sites is 1. The van der Waals surface area contributed by atoms with Crippen LogP contribution < -0.4 is 5.32 Å². The van der Waals surface area contributed by atoms with Crippen molar-refractivity contribution < 1.29 is 14.3 Å². The first-order valence-corrected chi connectivity index (χ1v) is 7.43. The number of carbonyl (C=O) groups excluding carboxylic acids is 2. The Morgan fingerprint density at radius 1 is 1.14 bits per heavy atom. The van der Waals surface area contributed by atoms with Crippen LogP contribution in [0.5, 0.6) is 0 Å².